The summed E-state index contributed by atoms with van der Waals surface area (Å²) in [5, 5.41) is 0. The molecule has 0 N–H and O–H groups in total. The Kier molecular flexibility index (Phi) is 4.14. The van der Waals surface area contributed by atoms with Crippen LogP contribution in [0.2, 0.25) is 0 Å². The Morgan fingerprint density at radius 1 is 1.20 bits per heavy atom. The molecule has 0 heterocycles. The summed E-state index contributed by atoms with van der Waals surface area (Å²) in [7, 11) is 0. The van der Waals surface area contributed by atoms with Crippen LogP contribution in [0, 0.1) is 12.3 Å². The maximum Gasteiger partial charge on any atom is 0.0603 e. The fourth-order valence-electron chi connectivity index (χ4n) is 1.07. The van der Waals surface area contributed by atoms with Crippen molar-refractivity contribution >= 4 is 0 Å². The van der Waals surface area contributed by atoms with E-state index in [4.69, 9.17) is 6.42 Å². The van der Waals surface area contributed by atoms with Crippen LogP contribution in [-0.2, 0) is 0 Å². The molecule has 0 aromatic carbocycles. The standard InChI is InChI=1S/C9H17N/c1-6-7-10(8(2)3)9(4)5/h1,8-9H,7H2,2-5H3. The number of terminal acetylenes is 1. The normalized spacial score (nSPS) is 11.0. The van der Waals surface area contributed by atoms with Crippen molar-refractivity contribution < 1.29 is 0 Å². The van der Waals surface area contributed by atoms with E-state index in [0.717, 1.165) is 6.54 Å². The third-order valence-corrected chi connectivity index (χ3v) is 1.60. The van der Waals surface area contributed by atoms with Gasteiger partial charge in [0.2, 0.25) is 0 Å². The van der Waals surface area contributed by atoms with Crippen molar-refractivity contribution in [1.29, 1.82) is 0 Å². The zero-order chi connectivity index (χ0) is 8.15. The topological polar surface area (TPSA) is 3.24 Å². The maximum absolute atomic E-state index is 5.21. The average molecular weight is 139 g/mol. The minimum absolute atomic E-state index is 0.552. The van der Waals surface area contributed by atoms with E-state index in [0.29, 0.717) is 12.1 Å². The minimum Gasteiger partial charge on any atom is -0.287 e. The molecule has 0 unspecified atom stereocenters. The molecule has 58 valence electrons. The van der Waals surface area contributed by atoms with Crippen LogP contribution in [0.5, 0.6) is 0 Å². The van der Waals surface area contributed by atoms with E-state index in [1.54, 1.807) is 0 Å². The molecular formula is C9H17N. The highest BCUT2D eigenvalue weighted by Crippen LogP contribution is 2.02. The van der Waals surface area contributed by atoms with Gasteiger partial charge in [0.1, 0.15) is 0 Å². The quantitative estimate of drug-likeness (QED) is 0.538. The van der Waals surface area contributed by atoms with Crippen LogP contribution in [-0.4, -0.2) is 23.5 Å². The molecule has 0 aromatic heterocycles. The second-order valence-electron chi connectivity index (χ2n) is 3.06. The monoisotopic (exact) mass is 139 g/mol. The minimum atomic E-state index is 0.552. The van der Waals surface area contributed by atoms with Crippen molar-refractivity contribution in [3.63, 3.8) is 0 Å². The number of rotatable bonds is 3. The summed E-state index contributed by atoms with van der Waals surface area (Å²) < 4.78 is 0. The van der Waals surface area contributed by atoms with Crippen molar-refractivity contribution in [3.05, 3.63) is 0 Å². The molecule has 1 heteroatoms. The van der Waals surface area contributed by atoms with Gasteiger partial charge in [-0.1, -0.05) is 5.92 Å². The highest BCUT2D eigenvalue weighted by Gasteiger charge is 2.10. The Labute approximate surface area is 64.4 Å². The zero-order valence-corrected chi connectivity index (χ0v) is 7.39. The van der Waals surface area contributed by atoms with E-state index in [1.165, 1.54) is 0 Å². The molecule has 0 bridgehead atoms. The Hall–Kier alpha value is -0.480. The Morgan fingerprint density at radius 3 is 1.70 bits per heavy atom. The molecule has 1 nitrogen and oxygen atoms in total. The summed E-state index contributed by atoms with van der Waals surface area (Å²) in [4.78, 5) is 2.28. The van der Waals surface area contributed by atoms with Crippen molar-refractivity contribution in [3.8, 4) is 12.3 Å². The van der Waals surface area contributed by atoms with E-state index in [2.05, 4.69) is 38.5 Å². The Bertz CT molecular complexity index is 111. The van der Waals surface area contributed by atoms with Gasteiger partial charge in [0.15, 0.2) is 0 Å². The number of hydrogen-bond donors (Lipinski definition) is 0. The van der Waals surface area contributed by atoms with Gasteiger partial charge in [0.05, 0.1) is 6.54 Å². The average Bonchev–Trinajstić information content (AvgIpc) is 1.81. The summed E-state index contributed by atoms with van der Waals surface area (Å²) in [6, 6.07) is 1.10. The van der Waals surface area contributed by atoms with Crippen molar-refractivity contribution in [2.24, 2.45) is 0 Å². The second kappa shape index (κ2) is 4.35. The predicted molar refractivity (Wildman–Crippen MR) is 45.8 cm³/mol. The van der Waals surface area contributed by atoms with Gasteiger partial charge in [-0.25, -0.2) is 0 Å². The van der Waals surface area contributed by atoms with Gasteiger partial charge >= 0.3 is 0 Å². The zero-order valence-electron chi connectivity index (χ0n) is 7.39. The summed E-state index contributed by atoms with van der Waals surface area (Å²) in [6.45, 7) is 9.42. The van der Waals surface area contributed by atoms with Gasteiger partial charge in [-0.15, -0.1) is 6.42 Å². The number of nitrogens with zero attached hydrogens (tertiary/aromatic N) is 1. The van der Waals surface area contributed by atoms with Gasteiger partial charge in [0, 0.05) is 12.1 Å². The molecule has 0 aliphatic carbocycles. The van der Waals surface area contributed by atoms with E-state index < -0.39 is 0 Å². The van der Waals surface area contributed by atoms with Crippen LogP contribution in [0.4, 0.5) is 0 Å². The highest BCUT2D eigenvalue weighted by molar-refractivity contribution is 4.90. The van der Waals surface area contributed by atoms with Crippen LogP contribution in [0.15, 0.2) is 0 Å². The molecule has 0 aliphatic heterocycles. The molecule has 0 saturated heterocycles. The molecule has 0 spiro atoms. The highest BCUT2D eigenvalue weighted by atomic mass is 15.2. The van der Waals surface area contributed by atoms with Crippen molar-refractivity contribution in [1.82, 2.24) is 4.90 Å². The lowest BCUT2D eigenvalue weighted by Gasteiger charge is -2.27. The van der Waals surface area contributed by atoms with Crippen LogP contribution >= 0.6 is 0 Å². The third-order valence-electron chi connectivity index (χ3n) is 1.60. The van der Waals surface area contributed by atoms with E-state index in [9.17, 15) is 0 Å². The summed E-state index contributed by atoms with van der Waals surface area (Å²) in [5.41, 5.74) is 0. The van der Waals surface area contributed by atoms with Gasteiger partial charge in [-0.05, 0) is 27.7 Å². The number of hydrogen-bond acceptors (Lipinski definition) is 1. The lowest BCUT2D eigenvalue weighted by molar-refractivity contribution is 0.200. The van der Waals surface area contributed by atoms with Crippen LogP contribution in [0.3, 0.4) is 0 Å². The molecule has 0 radical (unpaired) electrons. The first-order valence-corrected chi connectivity index (χ1v) is 3.78. The molecule has 0 fully saturated rings. The van der Waals surface area contributed by atoms with Crippen molar-refractivity contribution in [2.45, 2.75) is 39.8 Å². The molecule has 10 heavy (non-hydrogen) atoms. The molecule has 0 aromatic rings. The Balaban J connectivity index is 3.88. The summed E-state index contributed by atoms with van der Waals surface area (Å²) in [5.74, 6) is 2.66. The first-order chi connectivity index (χ1) is 4.59. The molecule has 0 atom stereocenters. The molecule has 0 rings (SSSR count). The molecule has 0 aliphatic rings. The molecule has 0 amide bonds. The van der Waals surface area contributed by atoms with Crippen LogP contribution < -0.4 is 0 Å². The van der Waals surface area contributed by atoms with Gasteiger partial charge < -0.3 is 0 Å². The fourth-order valence-corrected chi connectivity index (χ4v) is 1.07. The third kappa shape index (κ3) is 2.89. The molecule has 0 saturated carbocycles. The van der Waals surface area contributed by atoms with E-state index in [1.807, 2.05) is 0 Å². The molecular weight excluding hydrogens is 122 g/mol. The smallest absolute Gasteiger partial charge is 0.0603 e. The predicted octanol–water partition coefficient (Wildman–Crippen LogP) is 1.74. The van der Waals surface area contributed by atoms with Gasteiger partial charge in [-0.3, -0.25) is 4.90 Å². The largest absolute Gasteiger partial charge is 0.287 e. The van der Waals surface area contributed by atoms with E-state index in [-0.39, 0.29) is 0 Å². The first kappa shape index (κ1) is 9.52. The van der Waals surface area contributed by atoms with E-state index >= 15 is 0 Å². The lowest BCUT2D eigenvalue weighted by Crippen LogP contribution is -2.37. The summed E-state index contributed by atoms with van der Waals surface area (Å²) >= 11 is 0. The van der Waals surface area contributed by atoms with Gasteiger partial charge in [0.25, 0.3) is 0 Å². The first-order valence-electron chi connectivity index (χ1n) is 3.78. The Morgan fingerprint density at radius 2 is 1.60 bits per heavy atom. The summed E-state index contributed by atoms with van der Waals surface area (Å²) in [6.07, 6.45) is 5.21. The maximum atomic E-state index is 5.21. The van der Waals surface area contributed by atoms with Crippen LogP contribution in [0.25, 0.3) is 0 Å². The SMILES string of the molecule is C#CCN(C(C)C)C(C)C. The lowest BCUT2D eigenvalue weighted by atomic mass is 10.2. The second-order valence-corrected chi connectivity index (χ2v) is 3.06. The van der Waals surface area contributed by atoms with Crippen molar-refractivity contribution in [2.75, 3.05) is 6.54 Å². The van der Waals surface area contributed by atoms with Gasteiger partial charge in [-0.2, -0.15) is 0 Å². The van der Waals surface area contributed by atoms with Crippen LogP contribution in [0.1, 0.15) is 27.7 Å². The fraction of sp³-hybridized carbons (Fsp3) is 0.778.